The summed E-state index contributed by atoms with van der Waals surface area (Å²) in [5.41, 5.74) is 0.388. The molecule has 0 fully saturated rings. The largest absolute Gasteiger partial charge is 0.493 e. The number of ether oxygens (including phenoxy) is 1. The quantitative estimate of drug-likeness (QED) is 0.568. The number of anilines is 1. The van der Waals surface area contributed by atoms with Gasteiger partial charge < -0.3 is 9.64 Å². The predicted octanol–water partition coefficient (Wildman–Crippen LogP) is 4.81. The van der Waals surface area contributed by atoms with Gasteiger partial charge in [0.05, 0.1) is 11.5 Å². The molecule has 0 heterocycles. The molecule has 0 bridgehead atoms. The SMILES string of the molecule is CCOc1ccc(S(=O)(=O)Nc2cccc(SC(=O)N(C)C)c2)c2ccccc12. The number of sulfonamides is 1. The van der Waals surface area contributed by atoms with Crippen LogP contribution < -0.4 is 9.46 Å². The van der Waals surface area contributed by atoms with Crippen LogP contribution in [0.25, 0.3) is 10.8 Å². The number of thioether (sulfide) groups is 1. The highest BCUT2D eigenvalue weighted by Crippen LogP contribution is 2.32. The molecule has 0 aliphatic heterocycles. The summed E-state index contributed by atoms with van der Waals surface area (Å²) in [4.78, 5) is 14.2. The van der Waals surface area contributed by atoms with Gasteiger partial charge in [0.1, 0.15) is 5.75 Å². The molecular weight excluding hydrogens is 408 g/mol. The number of nitrogens with zero attached hydrogens (tertiary/aromatic N) is 1. The fourth-order valence-electron chi connectivity index (χ4n) is 2.78. The lowest BCUT2D eigenvalue weighted by molar-refractivity contribution is 0.241. The summed E-state index contributed by atoms with van der Waals surface area (Å²) in [6.07, 6.45) is 0. The molecule has 3 aromatic carbocycles. The number of rotatable bonds is 6. The number of benzene rings is 3. The molecule has 29 heavy (non-hydrogen) atoms. The first-order chi connectivity index (χ1) is 13.8. The van der Waals surface area contributed by atoms with Crippen molar-refractivity contribution >= 4 is 43.5 Å². The number of hydrogen-bond acceptors (Lipinski definition) is 5. The van der Waals surface area contributed by atoms with Gasteiger partial charge in [-0.05, 0) is 49.0 Å². The Kier molecular flexibility index (Phi) is 6.34. The van der Waals surface area contributed by atoms with Gasteiger partial charge in [-0.1, -0.05) is 30.3 Å². The molecule has 0 aliphatic rings. The van der Waals surface area contributed by atoms with Gasteiger partial charge in [0, 0.05) is 35.5 Å². The number of carbonyl (C=O) groups is 1. The van der Waals surface area contributed by atoms with Crippen LogP contribution in [0.5, 0.6) is 5.75 Å². The standard InChI is InChI=1S/C21H22N2O4S2/c1-4-27-19-12-13-20(18-11-6-5-10-17(18)19)29(25,26)22-15-8-7-9-16(14-15)28-21(24)23(2)3/h5-14,22H,4H2,1-3H3. The van der Waals surface area contributed by atoms with Crippen LogP contribution in [0.3, 0.4) is 0 Å². The van der Waals surface area contributed by atoms with Crippen LogP contribution >= 0.6 is 11.8 Å². The van der Waals surface area contributed by atoms with Crippen molar-refractivity contribution in [2.75, 3.05) is 25.4 Å². The van der Waals surface area contributed by atoms with Crippen molar-refractivity contribution in [1.82, 2.24) is 4.90 Å². The Morgan fingerprint density at radius 3 is 2.45 bits per heavy atom. The van der Waals surface area contributed by atoms with E-state index < -0.39 is 10.0 Å². The Balaban J connectivity index is 1.95. The minimum absolute atomic E-state index is 0.137. The van der Waals surface area contributed by atoms with Crippen LogP contribution in [0.4, 0.5) is 10.5 Å². The summed E-state index contributed by atoms with van der Waals surface area (Å²) in [6.45, 7) is 2.37. The normalized spacial score (nSPS) is 11.3. The Labute approximate surface area is 174 Å². The monoisotopic (exact) mass is 430 g/mol. The zero-order valence-corrected chi connectivity index (χ0v) is 18.0. The van der Waals surface area contributed by atoms with E-state index in [1.165, 1.54) is 4.90 Å². The molecule has 0 aliphatic carbocycles. The molecule has 0 saturated carbocycles. The van der Waals surface area contributed by atoms with E-state index in [0.717, 1.165) is 17.1 Å². The van der Waals surface area contributed by atoms with E-state index in [1.807, 2.05) is 19.1 Å². The molecule has 3 rings (SSSR count). The van der Waals surface area contributed by atoms with Crippen LogP contribution in [-0.4, -0.2) is 39.3 Å². The Hall–Kier alpha value is -2.71. The van der Waals surface area contributed by atoms with Crippen molar-refractivity contribution in [1.29, 1.82) is 0 Å². The van der Waals surface area contributed by atoms with E-state index in [9.17, 15) is 13.2 Å². The lowest BCUT2D eigenvalue weighted by atomic mass is 10.1. The van der Waals surface area contributed by atoms with Gasteiger partial charge in [0.2, 0.25) is 0 Å². The third-order valence-corrected chi connectivity index (χ3v) is 6.56. The number of hydrogen-bond donors (Lipinski definition) is 1. The van der Waals surface area contributed by atoms with Gasteiger partial charge in [-0.3, -0.25) is 9.52 Å². The maximum Gasteiger partial charge on any atom is 0.285 e. The fourth-order valence-corrected chi connectivity index (χ4v) is 4.76. The summed E-state index contributed by atoms with van der Waals surface area (Å²) >= 11 is 1.03. The second-order valence-corrected chi connectivity index (χ2v) is 9.11. The van der Waals surface area contributed by atoms with Crippen LogP contribution in [0.2, 0.25) is 0 Å². The maximum atomic E-state index is 13.1. The van der Waals surface area contributed by atoms with E-state index in [4.69, 9.17) is 4.74 Å². The summed E-state index contributed by atoms with van der Waals surface area (Å²) in [7, 11) is -0.512. The molecule has 1 N–H and O–H groups in total. The molecule has 0 atom stereocenters. The molecule has 152 valence electrons. The lowest BCUT2D eigenvalue weighted by Crippen LogP contribution is -2.16. The number of nitrogens with one attached hydrogen (secondary N) is 1. The molecule has 0 aromatic heterocycles. The predicted molar refractivity (Wildman–Crippen MR) is 117 cm³/mol. The number of carbonyl (C=O) groups excluding carboxylic acids is 1. The highest BCUT2D eigenvalue weighted by molar-refractivity contribution is 8.13. The zero-order valence-electron chi connectivity index (χ0n) is 16.4. The van der Waals surface area contributed by atoms with Crippen molar-refractivity contribution in [2.24, 2.45) is 0 Å². The van der Waals surface area contributed by atoms with Crippen molar-refractivity contribution in [3.63, 3.8) is 0 Å². The molecule has 0 unspecified atom stereocenters. The van der Waals surface area contributed by atoms with Gasteiger partial charge >= 0.3 is 0 Å². The van der Waals surface area contributed by atoms with Gasteiger partial charge in [0.15, 0.2) is 0 Å². The van der Waals surface area contributed by atoms with Crippen LogP contribution in [0.15, 0.2) is 70.5 Å². The fraction of sp³-hybridized carbons (Fsp3) is 0.190. The molecule has 1 amide bonds. The molecule has 8 heteroatoms. The van der Waals surface area contributed by atoms with E-state index in [0.29, 0.717) is 28.3 Å². The number of fused-ring (bicyclic) bond motifs is 1. The summed E-state index contributed by atoms with van der Waals surface area (Å²) in [5.74, 6) is 0.641. The minimum atomic E-state index is -3.84. The van der Waals surface area contributed by atoms with Crippen molar-refractivity contribution in [2.45, 2.75) is 16.7 Å². The third-order valence-electron chi connectivity index (χ3n) is 4.09. The molecule has 3 aromatic rings. The van der Waals surface area contributed by atoms with Gasteiger partial charge in [-0.25, -0.2) is 8.42 Å². The Morgan fingerprint density at radius 2 is 1.76 bits per heavy atom. The average molecular weight is 431 g/mol. The topological polar surface area (TPSA) is 75.7 Å². The van der Waals surface area contributed by atoms with Gasteiger partial charge in [-0.15, -0.1) is 0 Å². The molecular formula is C21H22N2O4S2. The van der Waals surface area contributed by atoms with E-state index in [-0.39, 0.29) is 10.1 Å². The van der Waals surface area contributed by atoms with E-state index in [1.54, 1.807) is 62.6 Å². The Morgan fingerprint density at radius 1 is 1.03 bits per heavy atom. The van der Waals surface area contributed by atoms with Gasteiger partial charge in [-0.2, -0.15) is 0 Å². The summed E-state index contributed by atoms with van der Waals surface area (Å²) < 4.78 is 34.4. The first-order valence-corrected chi connectivity index (χ1v) is 11.3. The minimum Gasteiger partial charge on any atom is -0.493 e. The highest BCUT2D eigenvalue weighted by Gasteiger charge is 2.19. The third kappa shape index (κ3) is 4.83. The van der Waals surface area contributed by atoms with Crippen LogP contribution in [-0.2, 0) is 10.0 Å². The van der Waals surface area contributed by atoms with Crippen LogP contribution in [0, 0.1) is 0 Å². The van der Waals surface area contributed by atoms with Gasteiger partial charge in [0.25, 0.3) is 15.3 Å². The molecule has 6 nitrogen and oxygen atoms in total. The second kappa shape index (κ2) is 8.75. The van der Waals surface area contributed by atoms with Crippen molar-refractivity contribution in [3.8, 4) is 5.75 Å². The molecule has 0 saturated heterocycles. The zero-order chi connectivity index (χ0) is 21.0. The first-order valence-electron chi connectivity index (χ1n) is 8.98. The number of amides is 1. The second-order valence-electron chi connectivity index (χ2n) is 6.44. The smallest absolute Gasteiger partial charge is 0.285 e. The highest BCUT2D eigenvalue weighted by atomic mass is 32.2. The van der Waals surface area contributed by atoms with Crippen molar-refractivity contribution in [3.05, 3.63) is 60.7 Å². The van der Waals surface area contributed by atoms with Crippen LogP contribution in [0.1, 0.15) is 6.92 Å². The average Bonchev–Trinajstić information content (AvgIpc) is 2.68. The molecule has 0 radical (unpaired) electrons. The lowest BCUT2D eigenvalue weighted by Gasteiger charge is -2.14. The van der Waals surface area contributed by atoms with E-state index in [2.05, 4.69) is 4.72 Å². The summed E-state index contributed by atoms with van der Waals surface area (Å²) in [5, 5.41) is 1.18. The first kappa shape index (κ1) is 21.0. The molecule has 0 spiro atoms. The van der Waals surface area contributed by atoms with Crippen molar-refractivity contribution < 1.29 is 17.9 Å². The van der Waals surface area contributed by atoms with E-state index >= 15 is 0 Å². The Bertz CT molecular complexity index is 1140. The maximum absolute atomic E-state index is 13.1. The summed E-state index contributed by atoms with van der Waals surface area (Å²) in [6, 6.07) is 17.2.